The molecule has 0 radical (unpaired) electrons. The zero-order valence-electron chi connectivity index (χ0n) is 20.6. The van der Waals surface area contributed by atoms with Crippen molar-refractivity contribution in [2.75, 3.05) is 12.0 Å². The summed E-state index contributed by atoms with van der Waals surface area (Å²) in [5.41, 5.74) is 3.04. The number of non-ortho nitro benzene ring substituents is 1. The molecular weight excluding hydrogens is 605 g/mol. The van der Waals surface area contributed by atoms with Crippen LogP contribution in [-0.4, -0.2) is 29.9 Å². The molecule has 1 aliphatic heterocycles. The number of benzene rings is 3. The number of nitro benzene ring substituents is 1. The van der Waals surface area contributed by atoms with E-state index in [2.05, 4.69) is 34.0 Å². The molecule has 4 amide bonds. The SMILES string of the molecule is COc1cc(/C=C2\C(=O)NC(=O)N(c3cccc([N+](=O)[O-])c3)C2=O)cc(I)c1OCc1cc(C)cc(C)c1. The molecule has 0 spiro atoms. The standard InChI is InChI=1S/C27H22IN3O7/c1-15-7-16(2)9-18(8-15)14-38-24-22(28)11-17(12-23(24)37-3)10-21-25(32)29-27(34)30(26(21)33)19-5-4-6-20(13-19)31(35)36/h4-13H,14H2,1-3H3,(H,29,32,34)/b21-10+. The number of rotatable bonds is 7. The predicted octanol–water partition coefficient (Wildman–Crippen LogP) is 5.07. The topological polar surface area (TPSA) is 128 Å². The summed E-state index contributed by atoms with van der Waals surface area (Å²) in [6, 6.07) is 13.5. The number of nitrogens with zero attached hydrogens (tertiary/aromatic N) is 2. The van der Waals surface area contributed by atoms with Gasteiger partial charge in [-0.1, -0.05) is 35.4 Å². The third kappa shape index (κ3) is 5.67. The average molecular weight is 627 g/mol. The Labute approximate surface area is 231 Å². The number of urea groups is 1. The number of carbonyl (C=O) groups excluding carboxylic acids is 3. The summed E-state index contributed by atoms with van der Waals surface area (Å²) in [4.78, 5) is 49.4. The van der Waals surface area contributed by atoms with Crippen molar-refractivity contribution < 1.29 is 28.8 Å². The average Bonchev–Trinajstić information content (AvgIpc) is 2.85. The fourth-order valence-electron chi connectivity index (χ4n) is 4.08. The first-order valence-electron chi connectivity index (χ1n) is 11.3. The second-order valence-corrected chi connectivity index (χ2v) is 9.72. The van der Waals surface area contributed by atoms with E-state index >= 15 is 0 Å². The molecule has 0 atom stereocenters. The minimum atomic E-state index is -1.00. The van der Waals surface area contributed by atoms with Crippen LogP contribution in [-0.2, 0) is 16.2 Å². The van der Waals surface area contributed by atoms with E-state index < -0.39 is 22.8 Å². The van der Waals surface area contributed by atoms with Crippen LogP contribution in [0.4, 0.5) is 16.2 Å². The summed E-state index contributed by atoms with van der Waals surface area (Å²) in [6.07, 6.45) is 1.33. The molecule has 1 fully saturated rings. The molecular formula is C27H22IN3O7. The monoisotopic (exact) mass is 627 g/mol. The van der Waals surface area contributed by atoms with Gasteiger partial charge in [0.1, 0.15) is 12.2 Å². The van der Waals surface area contributed by atoms with E-state index in [1.807, 2.05) is 26.0 Å². The van der Waals surface area contributed by atoms with Crippen molar-refractivity contribution in [3.05, 3.63) is 96.1 Å². The number of anilines is 1. The molecule has 1 aliphatic rings. The van der Waals surface area contributed by atoms with Crippen molar-refractivity contribution >= 4 is 57.9 Å². The molecule has 3 aromatic rings. The Kier molecular flexibility index (Phi) is 7.76. The van der Waals surface area contributed by atoms with Crippen LogP contribution in [0, 0.1) is 27.5 Å². The normalized spacial score (nSPS) is 14.5. The van der Waals surface area contributed by atoms with E-state index in [0.717, 1.165) is 22.8 Å². The Hall–Kier alpha value is -4.26. The number of imide groups is 2. The second-order valence-electron chi connectivity index (χ2n) is 8.55. The van der Waals surface area contributed by atoms with E-state index in [-0.39, 0.29) is 16.9 Å². The van der Waals surface area contributed by atoms with E-state index in [9.17, 15) is 24.5 Å². The first kappa shape index (κ1) is 26.8. The van der Waals surface area contributed by atoms with Crippen LogP contribution in [0.5, 0.6) is 11.5 Å². The van der Waals surface area contributed by atoms with Gasteiger partial charge in [0.15, 0.2) is 11.5 Å². The number of nitrogens with one attached hydrogen (secondary N) is 1. The number of methoxy groups -OCH3 is 1. The van der Waals surface area contributed by atoms with E-state index in [1.165, 1.54) is 31.4 Å². The maximum atomic E-state index is 13.2. The van der Waals surface area contributed by atoms with Crippen molar-refractivity contribution in [1.82, 2.24) is 5.32 Å². The molecule has 4 rings (SSSR count). The van der Waals surface area contributed by atoms with Crippen molar-refractivity contribution in [2.24, 2.45) is 0 Å². The molecule has 0 unspecified atom stereocenters. The lowest BCUT2D eigenvalue weighted by Gasteiger charge is -2.26. The lowest BCUT2D eigenvalue weighted by atomic mass is 10.1. The highest BCUT2D eigenvalue weighted by Gasteiger charge is 2.37. The minimum Gasteiger partial charge on any atom is -0.493 e. The Balaban J connectivity index is 1.65. The Bertz CT molecular complexity index is 1500. The fraction of sp³-hybridized carbons (Fsp3) is 0.148. The summed E-state index contributed by atoms with van der Waals surface area (Å²) in [6.45, 7) is 4.34. The molecule has 1 N–H and O–H groups in total. The fourth-order valence-corrected chi connectivity index (χ4v) is 4.86. The van der Waals surface area contributed by atoms with Gasteiger partial charge in [-0.3, -0.25) is 25.0 Å². The summed E-state index contributed by atoms with van der Waals surface area (Å²) in [7, 11) is 1.48. The number of nitro groups is 1. The van der Waals surface area contributed by atoms with E-state index in [4.69, 9.17) is 9.47 Å². The molecule has 11 heteroatoms. The second kappa shape index (κ2) is 11.0. The van der Waals surface area contributed by atoms with Gasteiger partial charge in [0.2, 0.25) is 0 Å². The maximum absolute atomic E-state index is 13.2. The molecule has 10 nitrogen and oxygen atoms in total. The van der Waals surface area contributed by atoms with Crippen LogP contribution in [0.25, 0.3) is 6.08 Å². The number of aryl methyl sites for hydroxylation is 2. The van der Waals surface area contributed by atoms with Gasteiger partial charge in [-0.25, -0.2) is 9.69 Å². The van der Waals surface area contributed by atoms with Crippen molar-refractivity contribution in [1.29, 1.82) is 0 Å². The smallest absolute Gasteiger partial charge is 0.335 e. The number of amides is 4. The van der Waals surface area contributed by atoms with Gasteiger partial charge in [0, 0.05) is 12.1 Å². The number of hydrogen-bond donors (Lipinski definition) is 1. The maximum Gasteiger partial charge on any atom is 0.335 e. The quantitative estimate of drug-likeness (QED) is 0.127. The number of ether oxygens (including phenoxy) is 2. The van der Waals surface area contributed by atoms with Crippen LogP contribution in [0.2, 0.25) is 0 Å². The first-order valence-corrected chi connectivity index (χ1v) is 12.4. The summed E-state index contributed by atoms with van der Waals surface area (Å²) < 4.78 is 12.2. The van der Waals surface area contributed by atoms with Gasteiger partial charge in [-0.15, -0.1) is 0 Å². The third-order valence-corrected chi connectivity index (χ3v) is 6.43. The van der Waals surface area contributed by atoms with Gasteiger partial charge in [0.25, 0.3) is 17.5 Å². The molecule has 0 aliphatic carbocycles. The molecule has 1 heterocycles. The lowest BCUT2D eigenvalue weighted by Crippen LogP contribution is -2.54. The molecule has 0 saturated carbocycles. The number of carbonyl (C=O) groups is 3. The van der Waals surface area contributed by atoms with Gasteiger partial charge >= 0.3 is 6.03 Å². The van der Waals surface area contributed by atoms with Gasteiger partial charge in [-0.2, -0.15) is 0 Å². The highest BCUT2D eigenvalue weighted by Crippen LogP contribution is 2.36. The Morgan fingerprint density at radius 2 is 1.76 bits per heavy atom. The van der Waals surface area contributed by atoms with Crippen LogP contribution < -0.4 is 19.7 Å². The number of halogens is 1. The summed E-state index contributed by atoms with van der Waals surface area (Å²) in [5, 5.41) is 13.3. The minimum absolute atomic E-state index is 0.0394. The van der Waals surface area contributed by atoms with E-state index in [1.54, 1.807) is 12.1 Å². The zero-order valence-corrected chi connectivity index (χ0v) is 22.8. The first-order chi connectivity index (χ1) is 18.1. The highest BCUT2D eigenvalue weighted by molar-refractivity contribution is 14.1. The zero-order chi connectivity index (χ0) is 27.6. The molecule has 194 valence electrons. The largest absolute Gasteiger partial charge is 0.493 e. The highest BCUT2D eigenvalue weighted by atomic mass is 127. The molecule has 1 saturated heterocycles. The van der Waals surface area contributed by atoms with Crippen LogP contribution in [0.1, 0.15) is 22.3 Å². The van der Waals surface area contributed by atoms with Gasteiger partial charge in [-0.05, 0) is 71.8 Å². The van der Waals surface area contributed by atoms with Crippen LogP contribution >= 0.6 is 22.6 Å². The van der Waals surface area contributed by atoms with Gasteiger partial charge in [0.05, 0.1) is 21.3 Å². The molecule has 0 aromatic heterocycles. The Morgan fingerprint density at radius 1 is 1.05 bits per heavy atom. The summed E-state index contributed by atoms with van der Waals surface area (Å²) >= 11 is 2.07. The van der Waals surface area contributed by atoms with Crippen molar-refractivity contribution in [3.8, 4) is 11.5 Å². The number of barbiturate groups is 1. The van der Waals surface area contributed by atoms with Crippen molar-refractivity contribution in [2.45, 2.75) is 20.5 Å². The van der Waals surface area contributed by atoms with Gasteiger partial charge < -0.3 is 9.47 Å². The predicted molar refractivity (Wildman–Crippen MR) is 148 cm³/mol. The summed E-state index contributed by atoms with van der Waals surface area (Å²) in [5.74, 6) is -0.903. The molecule has 38 heavy (non-hydrogen) atoms. The Morgan fingerprint density at radius 3 is 2.42 bits per heavy atom. The van der Waals surface area contributed by atoms with Crippen LogP contribution in [0.15, 0.2) is 60.2 Å². The molecule has 0 bridgehead atoms. The lowest BCUT2D eigenvalue weighted by molar-refractivity contribution is -0.384. The molecule has 3 aromatic carbocycles. The van der Waals surface area contributed by atoms with E-state index in [0.29, 0.717) is 32.1 Å². The van der Waals surface area contributed by atoms with Crippen LogP contribution in [0.3, 0.4) is 0 Å². The van der Waals surface area contributed by atoms with Crippen molar-refractivity contribution in [3.63, 3.8) is 0 Å². The third-order valence-electron chi connectivity index (χ3n) is 5.63. The number of hydrogen-bond acceptors (Lipinski definition) is 7.